The number of alkyl halides is 3. The standard InChI is InChI=1S/C23H17F3N.2ClH.Cr/c24-23(25,26)22-11-4-1-7-16(22)13-17-14-18(15-19-8-5-6-12-27-19)21-10-3-2-9-20(17)21;;;/h1-12,14H,13,15H2;2*1H;/q;;;+2/p-2. The van der Waals surface area contributed by atoms with E-state index in [1.54, 1.807) is 18.3 Å². The zero-order chi connectivity index (χ0) is 19.8. The third-order valence-electron chi connectivity index (χ3n) is 5.01. The molecule has 1 heterocycles. The maximum absolute atomic E-state index is 13.4. The van der Waals surface area contributed by atoms with Crippen LogP contribution in [0.1, 0.15) is 27.9 Å². The monoisotopic (exact) mass is 486 g/mol. The van der Waals surface area contributed by atoms with Crippen molar-refractivity contribution in [2.24, 2.45) is 0 Å². The van der Waals surface area contributed by atoms with Crippen LogP contribution in [0.15, 0.2) is 79.0 Å². The van der Waals surface area contributed by atoms with Gasteiger partial charge in [-0.3, -0.25) is 0 Å². The molecule has 30 heavy (non-hydrogen) atoms. The second kappa shape index (κ2) is 9.58. The minimum absolute atomic E-state index is 0. The third-order valence-corrected chi connectivity index (χ3v) is 5.76. The van der Waals surface area contributed by atoms with Gasteiger partial charge in [-0.1, -0.05) is 0 Å². The number of rotatable bonds is 4. The van der Waals surface area contributed by atoms with E-state index in [4.69, 9.17) is 0 Å². The van der Waals surface area contributed by atoms with Gasteiger partial charge in [-0.25, -0.2) is 0 Å². The summed E-state index contributed by atoms with van der Waals surface area (Å²) in [5.41, 5.74) is 3.63. The van der Waals surface area contributed by atoms with E-state index >= 15 is 0 Å². The first kappa shape index (κ1) is 24.5. The first-order valence-corrected chi connectivity index (χ1v) is 9.58. The van der Waals surface area contributed by atoms with Crippen molar-refractivity contribution in [2.45, 2.75) is 23.3 Å². The van der Waals surface area contributed by atoms with Crippen LogP contribution in [0.2, 0.25) is 0 Å². The Labute approximate surface area is 194 Å². The van der Waals surface area contributed by atoms with Crippen LogP contribution in [-0.2, 0) is 39.6 Å². The molecule has 7 heteroatoms. The predicted molar refractivity (Wildman–Crippen MR) is 99.2 cm³/mol. The van der Waals surface area contributed by atoms with Gasteiger partial charge in [0.2, 0.25) is 0 Å². The van der Waals surface area contributed by atoms with Crippen molar-refractivity contribution >= 4 is 5.57 Å². The van der Waals surface area contributed by atoms with Gasteiger partial charge in [0, 0.05) is 0 Å². The van der Waals surface area contributed by atoms with Crippen LogP contribution in [0.3, 0.4) is 0 Å². The van der Waals surface area contributed by atoms with Crippen LogP contribution in [-0.4, -0.2) is 4.98 Å². The number of hydrogen-bond donors (Lipinski definition) is 0. The molecule has 0 fully saturated rings. The zero-order valence-corrected chi connectivity index (χ0v) is 18.5. The van der Waals surface area contributed by atoms with Gasteiger partial charge in [-0.05, 0) is 0 Å². The summed E-state index contributed by atoms with van der Waals surface area (Å²) in [7, 11) is 0. The molecule has 155 valence electrons. The minimum Gasteiger partial charge on any atom is -1.00 e. The Kier molecular flexibility index (Phi) is 7.82. The molecule has 0 saturated carbocycles. The largest absolute Gasteiger partial charge is 1.00 e. The Morgan fingerprint density at radius 2 is 1.53 bits per heavy atom. The first-order chi connectivity index (χ1) is 13.4. The van der Waals surface area contributed by atoms with E-state index in [1.807, 2.05) is 42.5 Å². The Hall–Kier alpha value is -1.77. The van der Waals surface area contributed by atoms with Gasteiger partial charge in [0.15, 0.2) is 0 Å². The normalized spacial score (nSPS) is 17.3. The molecule has 1 nitrogen and oxygen atoms in total. The minimum atomic E-state index is -4.36. The Balaban J connectivity index is 0.00000160. The third kappa shape index (κ3) is 4.93. The average molecular weight is 487 g/mol. The van der Waals surface area contributed by atoms with E-state index in [-0.39, 0.29) is 36.8 Å². The molecule has 0 spiro atoms. The summed E-state index contributed by atoms with van der Waals surface area (Å²) in [6.07, 6.45) is 0.343. The molecule has 1 aliphatic rings. The predicted octanol–water partition coefficient (Wildman–Crippen LogP) is -0.267. The molecular formula is C23H17Cl2CrF3N. The van der Waals surface area contributed by atoms with E-state index in [9.17, 15) is 13.2 Å². The van der Waals surface area contributed by atoms with E-state index in [0.29, 0.717) is 6.42 Å². The number of nitrogens with zero attached hydrogens (tertiary/aromatic N) is 1. The molecule has 0 N–H and O–H groups in total. The van der Waals surface area contributed by atoms with Crippen molar-refractivity contribution in [3.8, 4) is 0 Å². The van der Waals surface area contributed by atoms with Gasteiger partial charge in [-0.2, -0.15) is 0 Å². The molecule has 3 aromatic rings. The summed E-state index contributed by atoms with van der Waals surface area (Å²) in [6.45, 7) is 0. The number of fused-ring (bicyclic) bond motifs is 1. The molecule has 4 rings (SSSR count). The number of halogens is 5. The molecule has 0 saturated heterocycles. The molecule has 0 bridgehead atoms. The van der Waals surface area contributed by atoms with Crippen LogP contribution in [0.4, 0.5) is 13.2 Å². The van der Waals surface area contributed by atoms with Gasteiger partial charge >= 0.3 is 170 Å². The van der Waals surface area contributed by atoms with Crippen molar-refractivity contribution in [1.82, 2.24) is 4.98 Å². The second-order valence-corrected chi connectivity index (χ2v) is 8.07. The maximum atomic E-state index is 13.4. The molecule has 1 aliphatic carbocycles. The number of allylic oxidation sites excluding steroid dienone is 2. The van der Waals surface area contributed by atoms with Gasteiger partial charge in [0.05, 0.1) is 0 Å². The van der Waals surface area contributed by atoms with Crippen molar-refractivity contribution in [2.75, 3.05) is 0 Å². The second-order valence-electron chi connectivity index (χ2n) is 6.93. The first-order valence-electron chi connectivity index (χ1n) is 8.94. The molecule has 1 atom stereocenters. The summed E-state index contributed by atoms with van der Waals surface area (Å²) in [5.74, 6) is 0. The van der Waals surface area contributed by atoms with Crippen LogP contribution in [0.25, 0.3) is 5.57 Å². The van der Waals surface area contributed by atoms with E-state index in [1.165, 1.54) is 6.07 Å². The number of hydrogen-bond acceptors (Lipinski definition) is 1. The van der Waals surface area contributed by atoms with Crippen LogP contribution < -0.4 is 24.8 Å². The molecular weight excluding hydrogens is 470 g/mol. The molecule has 0 aliphatic heterocycles. The van der Waals surface area contributed by atoms with Crippen molar-refractivity contribution in [1.29, 1.82) is 0 Å². The number of benzene rings is 2. The Bertz CT molecular complexity index is 1040. The van der Waals surface area contributed by atoms with Crippen LogP contribution in [0, 0.1) is 0 Å². The Morgan fingerprint density at radius 3 is 2.23 bits per heavy atom. The number of pyridine rings is 1. The summed E-state index contributed by atoms with van der Waals surface area (Å²) >= 11 is 3.28. The average Bonchev–Trinajstić information content (AvgIpc) is 2.94. The maximum Gasteiger partial charge on any atom is -1.00 e. The number of aromatic nitrogens is 1. The summed E-state index contributed by atoms with van der Waals surface area (Å²) in [4.78, 5) is 4.42. The van der Waals surface area contributed by atoms with Gasteiger partial charge < -0.3 is 24.8 Å². The quantitative estimate of drug-likeness (QED) is 0.495. The van der Waals surface area contributed by atoms with Gasteiger partial charge in [0.25, 0.3) is 0 Å². The van der Waals surface area contributed by atoms with Crippen molar-refractivity contribution < 1.29 is 54.3 Å². The zero-order valence-electron chi connectivity index (χ0n) is 15.7. The van der Waals surface area contributed by atoms with Crippen LogP contribution in [0.5, 0.6) is 0 Å². The molecule has 2 aromatic carbocycles. The molecule has 0 amide bonds. The molecule has 1 unspecified atom stereocenters. The molecule has 1 aromatic heterocycles. The summed E-state index contributed by atoms with van der Waals surface area (Å²) in [5, 5.41) is 0. The van der Waals surface area contributed by atoms with E-state index < -0.39 is 16.0 Å². The summed E-state index contributed by atoms with van der Waals surface area (Å²) in [6, 6.07) is 19.5. The van der Waals surface area contributed by atoms with E-state index in [0.717, 1.165) is 28.5 Å². The fourth-order valence-corrected chi connectivity index (χ4v) is 4.52. The van der Waals surface area contributed by atoms with Crippen LogP contribution >= 0.6 is 0 Å². The van der Waals surface area contributed by atoms with Crippen molar-refractivity contribution in [3.63, 3.8) is 0 Å². The van der Waals surface area contributed by atoms with Crippen molar-refractivity contribution in [3.05, 3.63) is 107 Å². The topological polar surface area (TPSA) is 12.9 Å². The smallest absolute Gasteiger partial charge is 1.00 e. The fraction of sp³-hybridized carbons (Fsp3) is 0.174. The SMILES string of the molecule is FC(F)(F)c1ccccc1CC1=C[C]([Cr+2])(Cc2ccccn2)c2ccccc21.[Cl-].[Cl-]. The molecule has 0 radical (unpaired) electrons. The van der Waals surface area contributed by atoms with Gasteiger partial charge in [-0.15, -0.1) is 0 Å². The van der Waals surface area contributed by atoms with Gasteiger partial charge in [0.1, 0.15) is 0 Å². The van der Waals surface area contributed by atoms with E-state index in [2.05, 4.69) is 27.4 Å². The fourth-order valence-electron chi connectivity index (χ4n) is 3.79. The Morgan fingerprint density at radius 1 is 0.867 bits per heavy atom. The summed E-state index contributed by atoms with van der Waals surface area (Å²) < 4.78 is 39.8.